The van der Waals surface area contributed by atoms with Gasteiger partial charge in [0.2, 0.25) is 0 Å². The standard InChI is InChI=1S/C7H7P.4CH3.2Ga/c1-6-4-2-3-5-7(6)8;;;;;;/h2-5H,1H3;4*1H3;;/q-2;;;;;2*+1. The molecule has 14 heavy (non-hydrogen) atoms. The van der Waals surface area contributed by atoms with E-state index in [9.17, 15) is 0 Å². The number of aryl methyl sites for hydroxylation is 1. The van der Waals surface area contributed by atoms with Gasteiger partial charge in [0.15, 0.2) is 0 Å². The van der Waals surface area contributed by atoms with Crippen LogP contribution in [0.25, 0.3) is 0 Å². The molecule has 0 aromatic heterocycles. The van der Waals surface area contributed by atoms with Crippen LogP contribution in [0, 0.1) is 6.92 Å². The van der Waals surface area contributed by atoms with Gasteiger partial charge in [0.25, 0.3) is 0 Å². The molecule has 0 fully saturated rings. The minimum absolute atomic E-state index is 0.312. The van der Waals surface area contributed by atoms with Crippen molar-refractivity contribution in [3.8, 4) is 0 Å². The summed E-state index contributed by atoms with van der Waals surface area (Å²) >= 11 is 0.625. The molecular formula is C11H19Ga2P. The fourth-order valence-electron chi connectivity index (χ4n) is 0.563. The van der Waals surface area contributed by atoms with Crippen molar-refractivity contribution in [3.63, 3.8) is 0 Å². The average molecular weight is 322 g/mol. The molecule has 0 aliphatic rings. The molecule has 3 heteroatoms. The van der Waals surface area contributed by atoms with Crippen molar-refractivity contribution in [1.82, 2.24) is 0 Å². The molecule has 0 radical (unpaired) electrons. The zero-order chi connectivity index (χ0) is 11.4. The van der Waals surface area contributed by atoms with Gasteiger partial charge < -0.3 is 14.5 Å². The molecule has 74 valence electrons. The quantitative estimate of drug-likeness (QED) is 0.506. The van der Waals surface area contributed by atoms with Crippen molar-refractivity contribution >= 4 is 49.4 Å². The van der Waals surface area contributed by atoms with Crippen molar-refractivity contribution in [2.75, 3.05) is 0 Å². The molecule has 0 saturated carbocycles. The van der Waals surface area contributed by atoms with E-state index in [0.717, 1.165) is 5.30 Å². The summed E-state index contributed by atoms with van der Waals surface area (Å²) in [6.07, 6.45) is 0. The third-order valence-electron chi connectivity index (χ3n) is 1.12. The predicted molar refractivity (Wildman–Crippen MR) is 72.7 cm³/mol. The van der Waals surface area contributed by atoms with E-state index in [1.807, 2.05) is 31.2 Å². The maximum absolute atomic E-state index is 4.20. The molecule has 0 unspecified atom stereocenters. The summed E-state index contributed by atoms with van der Waals surface area (Å²) in [4.78, 5) is 0. The Kier molecular flexibility index (Phi) is 17.2. The van der Waals surface area contributed by atoms with Gasteiger partial charge in [0, 0.05) is 0 Å². The Balaban J connectivity index is 0. The maximum atomic E-state index is 4.20. The molecule has 0 atom stereocenters. The van der Waals surface area contributed by atoms with E-state index in [1.165, 1.54) is 5.56 Å². The molecular weight excluding hydrogens is 303 g/mol. The Morgan fingerprint density at radius 3 is 1.50 bits per heavy atom. The molecule has 1 aromatic rings. The van der Waals surface area contributed by atoms with Gasteiger partial charge in [0.05, 0.1) is 0 Å². The zero-order valence-corrected chi connectivity index (χ0v) is 15.7. The third kappa shape index (κ3) is 12.9. The Morgan fingerprint density at radius 1 is 0.929 bits per heavy atom. The average Bonchev–Trinajstić information content (AvgIpc) is 2.13. The van der Waals surface area contributed by atoms with Crippen LogP contribution >= 0.6 is 9.24 Å². The second-order valence-electron chi connectivity index (χ2n) is 2.94. The van der Waals surface area contributed by atoms with Crippen molar-refractivity contribution in [3.05, 3.63) is 29.8 Å². The molecule has 0 heterocycles. The van der Waals surface area contributed by atoms with Gasteiger partial charge in [-0.05, 0) is 6.92 Å². The molecule has 0 bridgehead atoms. The van der Waals surface area contributed by atoms with Crippen molar-refractivity contribution in [2.45, 2.75) is 28.8 Å². The Hall–Kier alpha value is 0.923. The fourth-order valence-corrected chi connectivity index (χ4v) is 0.724. The second kappa shape index (κ2) is 13.9. The molecule has 1 rings (SSSR count). The first kappa shape index (κ1) is 17.3. The predicted octanol–water partition coefficient (Wildman–Crippen LogP) is 3.60. The molecule has 0 amide bonds. The summed E-state index contributed by atoms with van der Waals surface area (Å²) in [5.74, 6) is 0. The van der Waals surface area contributed by atoms with E-state index >= 15 is 0 Å². The zero-order valence-electron chi connectivity index (χ0n) is 9.91. The first-order valence-corrected chi connectivity index (χ1v) is 15.0. The fraction of sp³-hybridized carbons (Fsp3) is 0.455. The van der Waals surface area contributed by atoms with Gasteiger partial charge in [-0.1, -0.05) is 18.2 Å². The summed E-state index contributed by atoms with van der Waals surface area (Å²) < 4.78 is 0. The topological polar surface area (TPSA) is 0 Å². The molecule has 0 aliphatic carbocycles. The van der Waals surface area contributed by atoms with Crippen LogP contribution in [-0.4, -0.2) is 34.8 Å². The third-order valence-corrected chi connectivity index (χ3v) is 1.62. The summed E-state index contributed by atoms with van der Waals surface area (Å²) in [5.41, 5.74) is 10.4. The van der Waals surface area contributed by atoms with Gasteiger partial charge in [-0.3, -0.25) is 0 Å². The Morgan fingerprint density at radius 2 is 1.29 bits per heavy atom. The summed E-state index contributed by atoms with van der Waals surface area (Å²) in [6, 6.07) is 8.02. The van der Waals surface area contributed by atoms with Gasteiger partial charge in [-0.15, -0.1) is 11.6 Å². The number of benzene rings is 1. The monoisotopic (exact) mass is 320 g/mol. The molecule has 0 saturated heterocycles. The van der Waals surface area contributed by atoms with E-state index in [2.05, 4.69) is 31.2 Å². The van der Waals surface area contributed by atoms with Crippen molar-refractivity contribution in [1.29, 1.82) is 0 Å². The summed E-state index contributed by atoms with van der Waals surface area (Å²) in [5, 5.41) is 1.06. The molecule has 0 aliphatic heterocycles. The van der Waals surface area contributed by atoms with Crippen LogP contribution in [-0.2, 0) is 0 Å². The van der Waals surface area contributed by atoms with Crippen LogP contribution in [0.5, 0.6) is 0 Å². The molecule has 1 aromatic carbocycles. The van der Waals surface area contributed by atoms with Gasteiger partial charge in [-0.25, -0.2) is 0 Å². The Labute approximate surface area is 107 Å². The SMILES string of the molecule is Cc1ccccc1[P-2].[CH3][Ga+][CH3].[CH3][Ga+][CH3]. The van der Waals surface area contributed by atoms with Gasteiger partial charge in [-0.2, -0.15) is 0 Å². The van der Waals surface area contributed by atoms with Crippen LogP contribution in [0.2, 0.25) is 21.9 Å². The summed E-state index contributed by atoms with van der Waals surface area (Å²) in [6.45, 7) is 2.04. The molecule has 0 N–H and O–H groups in total. The second-order valence-corrected chi connectivity index (χ2v) is 8.27. The number of hydrogen-bond acceptors (Lipinski definition) is 0. The number of rotatable bonds is 0. The van der Waals surface area contributed by atoms with Crippen molar-refractivity contribution in [2.24, 2.45) is 0 Å². The van der Waals surface area contributed by atoms with Crippen LogP contribution in [0.15, 0.2) is 24.3 Å². The summed E-state index contributed by atoms with van der Waals surface area (Å²) in [7, 11) is 4.20. The molecule has 0 spiro atoms. The first-order valence-electron chi connectivity index (χ1n) is 4.86. The van der Waals surface area contributed by atoms with Crippen LogP contribution in [0.3, 0.4) is 0 Å². The van der Waals surface area contributed by atoms with E-state index in [1.54, 1.807) is 0 Å². The first-order chi connectivity index (χ1) is 6.63. The molecule has 0 nitrogen and oxygen atoms in total. The van der Waals surface area contributed by atoms with Gasteiger partial charge >= 0.3 is 56.7 Å². The van der Waals surface area contributed by atoms with E-state index in [4.69, 9.17) is 0 Å². The van der Waals surface area contributed by atoms with Crippen LogP contribution in [0.1, 0.15) is 5.56 Å². The normalized spacial score (nSPS) is 6.71. The van der Waals surface area contributed by atoms with Crippen LogP contribution in [0.4, 0.5) is 0 Å². The Bertz CT molecular complexity index is 191. The minimum atomic E-state index is 0.312. The van der Waals surface area contributed by atoms with E-state index < -0.39 is 0 Å². The number of hydrogen-bond donors (Lipinski definition) is 0. The van der Waals surface area contributed by atoms with E-state index in [0.29, 0.717) is 34.8 Å². The van der Waals surface area contributed by atoms with Crippen molar-refractivity contribution < 1.29 is 0 Å². The van der Waals surface area contributed by atoms with Crippen LogP contribution < -0.4 is 5.30 Å². The van der Waals surface area contributed by atoms with Gasteiger partial charge in [0.1, 0.15) is 0 Å². The van der Waals surface area contributed by atoms with E-state index in [-0.39, 0.29) is 0 Å².